The molecule has 1 aliphatic heterocycles. The number of rotatable bonds is 10. The van der Waals surface area contributed by atoms with Crippen LogP contribution in [0.3, 0.4) is 0 Å². The van der Waals surface area contributed by atoms with Crippen molar-refractivity contribution < 1.29 is 38.1 Å². The van der Waals surface area contributed by atoms with Crippen molar-refractivity contribution in [1.82, 2.24) is 14.6 Å². The van der Waals surface area contributed by atoms with Crippen LogP contribution in [-0.2, 0) is 23.4 Å². The zero-order valence-electron chi connectivity index (χ0n) is 19.0. The molecule has 6 atom stereocenters. The van der Waals surface area contributed by atoms with Gasteiger partial charge in [-0.1, -0.05) is 23.3 Å². The molecule has 17 heteroatoms. The molecule has 1 aliphatic rings. The summed E-state index contributed by atoms with van der Waals surface area (Å²) in [5, 5.41) is 27.0. The first-order valence-electron chi connectivity index (χ1n) is 10.3. The first-order chi connectivity index (χ1) is 17.0. The van der Waals surface area contributed by atoms with Crippen LogP contribution < -0.4 is 20.9 Å². The largest absolute Gasteiger partial charge is 0.468 e. The Kier molecular flexibility index (Phi) is 8.32. The van der Waals surface area contributed by atoms with E-state index in [4.69, 9.17) is 19.3 Å². The van der Waals surface area contributed by atoms with E-state index in [-0.39, 0.29) is 5.75 Å². The summed E-state index contributed by atoms with van der Waals surface area (Å²) in [4.78, 5) is 40.0. The Labute approximate surface area is 202 Å². The molecule has 1 aromatic carbocycles. The first-order valence-corrected chi connectivity index (χ1v) is 11.8. The Balaban J connectivity index is 1.92. The molecular formula is C19H23N6O10P. The van der Waals surface area contributed by atoms with Gasteiger partial charge in [0.1, 0.15) is 24.0 Å². The molecule has 2 heterocycles. The second-order valence-electron chi connectivity index (χ2n) is 7.54. The molecule has 16 nitrogen and oxygen atoms in total. The lowest BCUT2D eigenvalue weighted by Gasteiger charge is -2.29. The number of nitrogens with one attached hydrogen (secondary N) is 2. The SMILES string of the molecule is COC(=O)[C@H](C)NP(=O)(OC[C@@]1(N=[N+]=[N-])O[C@@H](n2ccc(=O)[nH]c2=O)[C@@H](O)[C@H]1O)Oc1ccccc1. The molecule has 1 fully saturated rings. The van der Waals surface area contributed by atoms with Crippen LogP contribution in [-0.4, -0.2) is 63.4 Å². The van der Waals surface area contributed by atoms with Gasteiger partial charge in [-0.05, 0) is 24.6 Å². The normalized spacial score (nSPS) is 25.8. The maximum atomic E-state index is 13.6. The summed E-state index contributed by atoms with van der Waals surface area (Å²) in [5.41, 5.74) is 4.99. The average molecular weight is 526 g/mol. The van der Waals surface area contributed by atoms with E-state index in [1.807, 2.05) is 4.98 Å². The van der Waals surface area contributed by atoms with Crippen molar-refractivity contribution in [2.24, 2.45) is 5.11 Å². The first kappa shape index (κ1) is 27.1. The number of H-pyrrole nitrogens is 1. The van der Waals surface area contributed by atoms with E-state index in [1.165, 1.54) is 19.1 Å². The Morgan fingerprint density at radius 3 is 2.67 bits per heavy atom. The highest BCUT2D eigenvalue weighted by molar-refractivity contribution is 7.52. The molecule has 0 bridgehead atoms. The summed E-state index contributed by atoms with van der Waals surface area (Å²) in [6.07, 6.45) is -4.47. The fourth-order valence-corrected chi connectivity index (χ4v) is 4.80. The lowest BCUT2D eigenvalue weighted by Crippen LogP contribution is -2.45. The smallest absolute Gasteiger partial charge is 0.459 e. The summed E-state index contributed by atoms with van der Waals surface area (Å²) in [6.45, 7) is 0.359. The predicted octanol–water partition coefficient (Wildman–Crippen LogP) is 0.149. The van der Waals surface area contributed by atoms with Gasteiger partial charge >= 0.3 is 19.4 Å². The third-order valence-corrected chi connectivity index (χ3v) is 6.68. The number of carbonyl (C=O) groups is 1. The zero-order valence-corrected chi connectivity index (χ0v) is 19.8. The Bertz CT molecular complexity index is 1300. The minimum absolute atomic E-state index is 0.0776. The second kappa shape index (κ2) is 11.1. The number of nitrogens with zero attached hydrogens (tertiary/aromatic N) is 4. The number of para-hydroxylation sites is 1. The molecule has 194 valence electrons. The standard InChI is InChI=1S/C19H23N6O10P/c1-11(17(29)32-2)22-36(31,35-12-6-4-3-5-7-12)33-10-19(23-24-20)15(28)14(27)16(34-19)25-9-8-13(26)21-18(25)30/h3-9,11,14-16,27-28H,10H2,1-2H3,(H,22,31)(H,21,26,30)/t11-,14-,15+,16+,19+,36?/m0/s1. The monoisotopic (exact) mass is 526 g/mol. The topological polar surface area (TPSA) is 227 Å². The number of hydrogen-bond acceptors (Lipinski definition) is 11. The van der Waals surface area contributed by atoms with Gasteiger partial charge in [-0.3, -0.25) is 23.7 Å². The van der Waals surface area contributed by atoms with Gasteiger partial charge in [0.25, 0.3) is 5.56 Å². The van der Waals surface area contributed by atoms with Crippen molar-refractivity contribution in [2.75, 3.05) is 13.7 Å². The van der Waals surface area contributed by atoms with Crippen molar-refractivity contribution in [3.05, 3.63) is 73.9 Å². The molecule has 2 aromatic rings. The summed E-state index contributed by atoms with van der Waals surface area (Å²) in [7, 11) is -3.35. The molecule has 1 aromatic heterocycles. The highest BCUT2D eigenvalue weighted by Crippen LogP contribution is 2.48. The van der Waals surface area contributed by atoms with Crippen LogP contribution in [0, 0.1) is 0 Å². The maximum absolute atomic E-state index is 13.6. The lowest BCUT2D eigenvalue weighted by atomic mass is 10.1. The average Bonchev–Trinajstić information content (AvgIpc) is 3.08. The number of esters is 1. The number of aromatic nitrogens is 2. The van der Waals surface area contributed by atoms with Gasteiger partial charge in [0, 0.05) is 17.2 Å². The number of carbonyl (C=O) groups excluding carboxylic acids is 1. The van der Waals surface area contributed by atoms with Gasteiger partial charge in [-0.2, -0.15) is 5.09 Å². The summed E-state index contributed by atoms with van der Waals surface area (Å²) in [5.74, 6) is -0.723. The van der Waals surface area contributed by atoms with E-state index in [1.54, 1.807) is 18.2 Å². The minimum Gasteiger partial charge on any atom is -0.468 e. The van der Waals surface area contributed by atoms with Gasteiger partial charge in [-0.15, -0.1) is 0 Å². The van der Waals surface area contributed by atoms with E-state index < -0.39 is 61.8 Å². The predicted molar refractivity (Wildman–Crippen MR) is 121 cm³/mol. The van der Waals surface area contributed by atoms with Gasteiger partial charge in [-0.25, -0.2) is 9.36 Å². The molecule has 4 N–H and O–H groups in total. The number of aliphatic hydroxyl groups is 2. The van der Waals surface area contributed by atoms with Gasteiger partial charge < -0.3 is 24.2 Å². The Hall–Kier alpha value is -3.49. The van der Waals surface area contributed by atoms with Crippen LogP contribution in [0.15, 0.2) is 57.3 Å². The Morgan fingerprint density at radius 1 is 1.36 bits per heavy atom. The lowest BCUT2D eigenvalue weighted by molar-refractivity contribution is -0.142. The second-order valence-corrected chi connectivity index (χ2v) is 9.24. The van der Waals surface area contributed by atoms with Crippen LogP contribution >= 0.6 is 7.75 Å². The van der Waals surface area contributed by atoms with Crippen molar-refractivity contribution in [2.45, 2.75) is 37.1 Å². The van der Waals surface area contributed by atoms with Crippen molar-refractivity contribution in [1.29, 1.82) is 0 Å². The minimum atomic E-state index is -4.46. The van der Waals surface area contributed by atoms with E-state index in [9.17, 15) is 29.2 Å². The fraction of sp³-hybridized carbons (Fsp3) is 0.421. The van der Waals surface area contributed by atoms with Crippen LogP contribution in [0.5, 0.6) is 5.75 Å². The highest BCUT2D eigenvalue weighted by atomic mass is 31.2. The van der Waals surface area contributed by atoms with Crippen molar-refractivity contribution >= 4 is 13.7 Å². The number of methoxy groups -OCH3 is 1. The Morgan fingerprint density at radius 2 is 2.06 bits per heavy atom. The van der Waals surface area contributed by atoms with Crippen molar-refractivity contribution in [3.8, 4) is 5.75 Å². The van der Waals surface area contributed by atoms with Gasteiger partial charge in [0.2, 0.25) is 5.72 Å². The third-order valence-electron chi connectivity index (χ3n) is 5.06. The maximum Gasteiger partial charge on any atom is 0.459 e. The summed E-state index contributed by atoms with van der Waals surface area (Å²) < 4.78 is 35.3. The number of aromatic amines is 1. The molecule has 0 amide bonds. The van der Waals surface area contributed by atoms with E-state index in [0.717, 1.165) is 23.9 Å². The molecule has 36 heavy (non-hydrogen) atoms. The highest BCUT2D eigenvalue weighted by Gasteiger charge is 2.56. The molecule has 0 radical (unpaired) electrons. The number of hydrogen-bond donors (Lipinski definition) is 4. The van der Waals surface area contributed by atoms with Crippen LogP contribution in [0.4, 0.5) is 0 Å². The zero-order chi connectivity index (χ0) is 26.5. The van der Waals surface area contributed by atoms with Crippen molar-refractivity contribution in [3.63, 3.8) is 0 Å². The molecular weight excluding hydrogens is 503 g/mol. The number of aliphatic hydroxyl groups excluding tert-OH is 2. The molecule has 0 spiro atoms. The van der Waals surface area contributed by atoms with E-state index in [0.29, 0.717) is 0 Å². The third kappa shape index (κ3) is 5.83. The van der Waals surface area contributed by atoms with E-state index >= 15 is 0 Å². The fourth-order valence-electron chi connectivity index (χ4n) is 3.28. The molecule has 0 saturated carbocycles. The van der Waals surface area contributed by atoms with E-state index in [2.05, 4.69) is 19.9 Å². The number of benzene rings is 1. The molecule has 3 rings (SSSR count). The number of azide groups is 1. The number of ether oxygens (including phenoxy) is 2. The summed E-state index contributed by atoms with van der Waals surface area (Å²) in [6, 6.07) is 7.51. The van der Waals surface area contributed by atoms with Gasteiger partial charge in [0.15, 0.2) is 6.23 Å². The molecule has 1 unspecified atom stereocenters. The van der Waals surface area contributed by atoms with Crippen LogP contribution in [0.1, 0.15) is 13.2 Å². The quantitative estimate of drug-likeness (QED) is 0.107. The molecule has 0 aliphatic carbocycles. The van der Waals surface area contributed by atoms with Gasteiger partial charge in [0.05, 0.1) is 13.7 Å². The molecule has 1 saturated heterocycles. The van der Waals surface area contributed by atoms with Crippen LogP contribution in [0.2, 0.25) is 0 Å². The summed E-state index contributed by atoms with van der Waals surface area (Å²) >= 11 is 0. The van der Waals surface area contributed by atoms with Crippen LogP contribution in [0.25, 0.3) is 10.4 Å².